The lowest BCUT2D eigenvalue weighted by Gasteiger charge is -2.20. The summed E-state index contributed by atoms with van der Waals surface area (Å²) in [6, 6.07) is 13.1. The van der Waals surface area contributed by atoms with E-state index in [2.05, 4.69) is 29.2 Å². The van der Waals surface area contributed by atoms with E-state index < -0.39 is 0 Å². The molecule has 0 aliphatic carbocycles. The number of nitrogens with two attached hydrogens (primary N) is 1. The molecule has 21 heavy (non-hydrogen) atoms. The van der Waals surface area contributed by atoms with Crippen molar-refractivity contribution in [2.24, 2.45) is 5.73 Å². The van der Waals surface area contributed by atoms with Gasteiger partial charge in [-0.2, -0.15) is 0 Å². The minimum absolute atomic E-state index is 0.382. The van der Waals surface area contributed by atoms with Crippen molar-refractivity contribution in [3.8, 4) is 11.3 Å². The quantitative estimate of drug-likeness (QED) is 0.937. The van der Waals surface area contributed by atoms with E-state index in [-0.39, 0.29) is 0 Å². The fourth-order valence-electron chi connectivity index (χ4n) is 3.01. The smallest absolute Gasteiger partial charge is 0.134 e. The van der Waals surface area contributed by atoms with E-state index in [1.165, 1.54) is 12.0 Å². The summed E-state index contributed by atoms with van der Waals surface area (Å²) in [5.41, 5.74) is 8.56. The van der Waals surface area contributed by atoms with Gasteiger partial charge in [-0.25, -0.2) is 0 Å². The van der Waals surface area contributed by atoms with Crippen LogP contribution in [0.1, 0.15) is 30.6 Å². The molecule has 2 N–H and O–H groups in total. The summed E-state index contributed by atoms with van der Waals surface area (Å²) in [7, 11) is 0. The van der Waals surface area contributed by atoms with Gasteiger partial charge in [0.25, 0.3) is 0 Å². The van der Waals surface area contributed by atoms with Crippen molar-refractivity contribution < 1.29 is 4.42 Å². The number of hydrogen-bond acceptors (Lipinski definition) is 3. The minimum Gasteiger partial charge on any atom is -0.461 e. The molecule has 1 aliphatic heterocycles. The van der Waals surface area contributed by atoms with E-state index in [4.69, 9.17) is 10.2 Å². The Morgan fingerprint density at radius 1 is 1.19 bits per heavy atom. The summed E-state index contributed by atoms with van der Waals surface area (Å²) in [6.45, 7) is 5.23. The van der Waals surface area contributed by atoms with Crippen LogP contribution in [0.4, 0.5) is 0 Å². The second-order valence-electron chi connectivity index (χ2n) is 6.08. The number of hydrogen-bond donors (Lipinski definition) is 1. The van der Waals surface area contributed by atoms with Crippen LogP contribution in [0.15, 0.2) is 40.8 Å². The van der Waals surface area contributed by atoms with Gasteiger partial charge in [0.1, 0.15) is 11.5 Å². The zero-order valence-electron chi connectivity index (χ0n) is 12.7. The third-order valence-corrected chi connectivity index (χ3v) is 4.22. The van der Waals surface area contributed by atoms with Crippen molar-refractivity contribution in [2.75, 3.05) is 13.1 Å². The maximum absolute atomic E-state index is 6.05. The minimum atomic E-state index is 0.382. The van der Waals surface area contributed by atoms with E-state index in [0.29, 0.717) is 6.04 Å². The first-order valence-electron chi connectivity index (χ1n) is 7.84. The zero-order valence-corrected chi connectivity index (χ0v) is 12.7. The number of rotatable bonds is 3. The molecule has 1 saturated heterocycles. The van der Waals surface area contributed by atoms with Gasteiger partial charge in [0, 0.05) is 18.2 Å². The van der Waals surface area contributed by atoms with E-state index in [9.17, 15) is 0 Å². The molecule has 3 heteroatoms. The van der Waals surface area contributed by atoms with E-state index in [1.54, 1.807) is 0 Å². The molecule has 1 aromatic heterocycles. The van der Waals surface area contributed by atoms with Crippen LogP contribution in [-0.4, -0.2) is 24.0 Å². The fraction of sp³-hybridized carbons (Fsp3) is 0.444. The lowest BCUT2D eigenvalue weighted by atomic mass is 10.1. The molecular formula is C18H24N2O. The Kier molecular flexibility index (Phi) is 4.42. The van der Waals surface area contributed by atoms with Gasteiger partial charge in [0.05, 0.1) is 0 Å². The fourth-order valence-corrected chi connectivity index (χ4v) is 3.01. The monoisotopic (exact) mass is 284 g/mol. The molecule has 0 bridgehead atoms. The molecular weight excluding hydrogens is 260 g/mol. The molecule has 1 aromatic carbocycles. The predicted molar refractivity (Wildman–Crippen MR) is 86.0 cm³/mol. The average molecular weight is 284 g/mol. The van der Waals surface area contributed by atoms with Gasteiger partial charge < -0.3 is 10.2 Å². The topological polar surface area (TPSA) is 42.4 Å². The first-order valence-corrected chi connectivity index (χ1v) is 7.84. The number of likely N-dealkylation sites (tertiary alicyclic amines) is 1. The standard InChI is InChI=1S/C18H24N2O/c1-14-7-8-18(21-14)16-5-2-4-15(12-16)13-20-10-3-6-17(19)9-11-20/h2,4-5,7-8,12,17H,3,6,9-11,13,19H2,1H3/t17-/m1/s1. The average Bonchev–Trinajstić information content (AvgIpc) is 2.81. The summed E-state index contributed by atoms with van der Waals surface area (Å²) in [5, 5.41) is 0. The molecule has 1 fully saturated rings. The number of aryl methyl sites for hydroxylation is 1. The van der Waals surface area contributed by atoms with Gasteiger partial charge in [-0.05, 0) is 63.0 Å². The molecule has 3 rings (SSSR count). The SMILES string of the molecule is Cc1ccc(-c2cccc(CN3CCC[C@@H](N)CC3)c2)o1. The largest absolute Gasteiger partial charge is 0.461 e. The molecule has 0 amide bonds. The Morgan fingerprint density at radius 2 is 2.10 bits per heavy atom. The van der Waals surface area contributed by atoms with Crippen LogP contribution in [0, 0.1) is 6.92 Å². The molecule has 112 valence electrons. The van der Waals surface area contributed by atoms with Crippen LogP contribution < -0.4 is 5.73 Å². The van der Waals surface area contributed by atoms with E-state index >= 15 is 0 Å². The Balaban J connectivity index is 1.71. The lowest BCUT2D eigenvalue weighted by Crippen LogP contribution is -2.26. The van der Waals surface area contributed by atoms with Gasteiger partial charge in [0.2, 0.25) is 0 Å². The maximum atomic E-state index is 6.05. The van der Waals surface area contributed by atoms with E-state index in [1.807, 2.05) is 19.1 Å². The summed E-state index contributed by atoms with van der Waals surface area (Å²) >= 11 is 0. The Labute approximate surface area is 126 Å². The molecule has 0 radical (unpaired) electrons. The van der Waals surface area contributed by atoms with Crippen molar-refractivity contribution in [2.45, 2.75) is 38.8 Å². The second kappa shape index (κ2) is 6.46. The van der Waals surface area contributed by atoms with Crippen LogP contribution >= 0.6 is 0 Å². The molecule has 1 atom stereocenters. The molecule has 3 nitrogen and oxygen atoms in total. The first-order chi connectivity index (χ1) is 10.2. The Morgan fingerprint density at radius 3 is 2.90 bits per heavy atom. The maximum Gasteiger partial charge on any atom is 0.134 e. The van der Waals surface area contributed by atoms with E-state index in [0.717, 1.165) is 49.6 Å². The lowest BCUT2D eigenvalue weighted by molar-refractivity contribution is 0.276. The van der Waals surface area contributed by atoms with Gasteiger partial charge in [0.15, 0.2) is 0 Å². The highest BCUT2D eigenvalue weighted by Crippen LogP contribution is 2.23. The number of furan rings is 1. The van der Waals surface area contributed by atoms with Crippen molar-refractivity contribution >= 4 is 0 Å². The summed E-state index contributed by atoms with van der Waals surface area (Å²) in [5.74, 6) is 1.91. The molecule has 2 aromatic rings. The van der Waals surface area contributed by atoms with Gasteiger partial charge in [-0.3, -0.25) is 4.90 Å². The summed E-state index contributed by atoms with van der Waals surface area (Å²) in [4.78, 5) is 2.51. The van der Waals surface area contributed by atoms with Crippen LogP contribution in [-0.2, 0) is 6.54 Å². The summed E-state index contributed by atoms with van der Waals surface area (Å²) < 4.78 is 5.72. The van der Waals surface area contributed by atoms with Gasteiger partial charge >= 0.3 is 0 Å². The third kappa shape index (κ3) is 3.74. The van der Waals surface area contributed by atoms with Crippen molar-refractivity contribution in [1.29, 1.82) is 0 Å². The predicted octanol–water partition coefficient (Wildman–Crippen LogP) is 3.57. The van der Waals surface area contributed by atoms with Crippen molar-refractivity contribution in [3.63, 3.8) is 0 Å². The van der Waals surface area contributed by atoms with Crippen molar-refractivity contribution in [1.82, 2.24) is 4.90 Å². The molecule has 2 heterocycles. The molecule has 1 aliphatic rings. The Bertz CT molecular complexity index is 590. The van der Waals surface area contributed by atoms with Crippen LogP contribution in [0.25, 0.3) is 11.3 Å². The van der Waals surface area contributed by atoms with Gasteiger partial charge in [-0.1, -0.05) is 18.2 Å². The molecule has 0 saturated carbocycles. The third-order valence-electron chi connectivity index (χ3n) is 4.22. The Hall–Kier alpha value is -1.58. The van der Waals surface area contributed by atoms with Gasteiger partial charge in [-0.15, -0.1) is 0 Å². The molecule has 0 unspecified atom stereocenters. The van der Waals surface area contributed by atoms with Crippen LogP contribution in [0.3, 0.4) is 0 Å². The highest BCUT2D eigenvalue weighted by atomic mass is 16.3. The van der Waals surface area contributed by atoms with Crippen LogP contribution in [0.5, 0.6) is 0 Å². The van der Waals surface area contributed by atoms with Crippen molar-refractivity contribution in [3.05, 3.63) is 47.7 Å². The highest BCUT2D eigenvalue weighted by Gasteiger charge is 2.14. The summed E-state index contributed by atoms with van der Waals surface area (Å²) in [6.07, 6.45) is 3.47. The first kappa shape index (κ1) is 14.4. The second-order valence-corrected chi connectivity index (χ2v) is 6.08. The molecule has 0 spiro atoms. The number of benzene rings is 1. The van der Waals surface area contributed by atoms with Crippen LogP contribution in [0.2, 0.25) is 0 Å². The highest BCUT2D eigenvalue weighted by molar-refractivity contribution is 5.58. The number of nitrogens with zero attached hydrogens (tertiary/aromatic N) is 1. The normalized spacial score (nSPS) is 20.4. The zero-order chi connectivity index (χ0) is 14.7.